The summed E-state index contributed by atoms with van der Waals surface area (Å²) in [5.74, 6) is 1.10. The number of rotatable bonds is 7. The highest BCUT2D eigenvalue weighted by atomic mass is 32.1. The van der Waals surface area contributed by atoms with E-state index >= 15 is 0 Å². The van der Waals surface area contributed by atoms with Gasteiger partial charge in [-0.05, 0) is 23.6 Å². The number of aryl methyl sites for hydroxylation is 1. The van der Waals surface area contributed by atoms with Crippen LogP contribution in [-0.4, -0.2) is 27.3 Å². The van der Waals surface area contributed by atoms with E-state index in [0.29, 0.717) is 24.8 Å². The fraction of sp³-hybridized carbons (Fsp3) is 0.316. The SMILES string of the molecule is CC(C)COc1cccc(CNC(=O)c2csc(-c3cnn(C)c3)n2)c1. The summed E-state index contributed by atoms with van der Waals surface area (Å²) in [4.78, 5) is 16.7. The molecule has 26 heavy (non-hydrogen) atoms. The number of hydrogen-bond acceptors (Lipinski definition) is 5. The second-order valence-electron chi connectivity index (χ2n) is 6.48. The monoisotopic (exact) mass is 370 g/mol. The van der Waals surface area contributed by atoms with E-state index in [9.17, 15) is 4.79 Å². The number of amides is 1. The fourth-order valence-corrected chi connectivity index (χ4v) is 3.10. The standard InChI is InChI=1S/C19H22N4O2S/c1-13(2)11-25-16-6-4-5-14(7-16)8-20-18(24)17-12-26-19(22-17)15-9-21-23(3)10-15/h4-7,9-10,12-13H,8,11H2,1-3H3,(H,20,24). The molecule has 0 aliphatic carbocycles. The lowest BCUT2D eigenvalue weighted by Crippen LogP contribution is -2.23. The maximum Gasteiger partial charge on any atom is 0.271 e. The molecule has 0 fully saturated rings. The average Bonchev–Trinajstić information content (AvgIpc) is 3.27. The van der Waals surface area contributed by atoms with E-state index in [4.69, 9.17) is 4.74 Å². The van der Waals surface area contributed by atoms with Crippen LogP contribution in [0.1, 0.15) is 29.9 Å². The molecule has 0 aliphatic rings. The summed E-state index contributed by atoms with van der Waals surface area (Å²) in [7, 11) is 1.85. The molecular weight excluding hydrogens is 348 g/mol. The summed E-state index contributed by atoms with van der Waals surface area (Å²) in [6, 6.07) is 7.77. The third kappa shape index (κ3) is 4.70. The number of ether oxygens (including phenoxy) is 1. The maximum atomic E-state index is 12.3. The lowest BCUT2D eigenvalue weighted by Gasteiger charge is -2.10. The second-order valence-corrected chi connectivity index (χ2v) is 7.33. The molecule has 2 aromatic heterocycles. The Bertz CT molecular complexity index is 885. The minimum Gasteiger partial charge on any atom is -0.493 e. The first-order chi connectivity index (χ1) is 12.5. The molecule has 6 nitrogen and oxygen atoms in total. The molecule has 136 valence electrons. The first-order valence-corrected chi connectivity index (χ1v) is 9.33. The number of carbonyl (C=O) groups excluding carboxylic acids is 1. The minimum absolute atomic E-state index is 0.190. The fourth-order valence-electron chi connectivity index (χ4n) is 2.32. The number of nitrogens with one attached hydrogen (secondary N) is 1. The van der Waals surface area contributed by atoms with E-state index in [1.54, 1.807) is 16.3 Å². The Morgan fingerprint density at radius 1 is 1.38 bits per heavy atom. The quantitative estimate of drug-likeness (QED) is 0.691. The normalized spacial score (nSPS) is 10.9. The Hall–Kier alpha value is -2.67. The van der Waals surface area contributed by atoms with E-state index < -0.39 is 0 Å². The number of hydrogen-bond donors (Lipinski definition) is 1. The Balaban J connectivity index is 1.59. The smallest absolute Gasteiger partial charge is 0.271 e. The van der Waals surface area contributed by atoms with Crippen molar-refractivity contribution in [2.45, 2.75) is 20.4 Å². The molecule has 0 spiro atoms. The molecule has 1 N–H and O–H groups in total. The van der Waals surface area contributed by atoms with Gasteiger partial charge in [-0.25, -0.2) is 4.98 Å². The van der Waals surface area contributed by atoms with Crippen LogP contribution < -0.4 is 10.1 Å². The zero-order chi connectivity index (χ0) is 18.5. The highest BCUT2D eigenvalue weighted by Crippen LogP contribution is 2.23. The van der Waals surface area contributed by atoms with Crippen LogP contribution in [0.2, 0.25) is 0 Å². The van der Waals surface area contributed by atoms with Crippen LogP contribution in [0, 0.1) is 5.92 Å². The van der Waals surface area contributed by atoms with Gasteiger partial charge in [0.25, 0.3) is 5.91 Å². The van der Waals surface area contributed by atoms with Crippen LogP contribution in [0.15, 0.2) is 42.0 Å². The topological polar surface area (TPSA) is 69.0 Å². The third-order valence-electron chi connectivity index (χ3n) is 3.62. The van der Waals surface area contributed by atoms with E-state index in [0.717, 1.165) is 21.9 Å². The van der Waals surface area contributed by atoms with Gasteiger partial charge in [-0.3, -0.25) is 9.48 Å². The molecule has 0 atom stereocenters. The van der Waals surface area contributed by atoms with Gasteiger partial charge in [0.05, 0.1) is 12.8 Å². The van der Waals surface area contributed by atoms with Crippen LogP contribution in [0.3, 0.4) is 0 Å². The number of benzene rings is 1. The van der Waals surface area contributed by atoms with Crippen molar-refractivity contribution in [1.29, 1.82) is 0 Å². The van der Waals surface area contributed by atoms with Crippen LogP contribution in [-0.2, 0) is 13.6 Å². The third-order valence-corrected chi connectivity index (χ3v) is 4.51. The molecule has 7 heteroatoms. The molecule has 0 radical (unpaired) electrons. The summed E-state index contributed by atoms with van der Waals surface area (Å²) in [6.45, 7) is 5.32. The van der Waals surface area contributed by atoms with Crippen LogP contribution in [0.5, 0.6) is 5.75 Å². The molecular formula is C19H22N4O2S. The van der Waals surface area contributed by atoms with Crippen LogP contribution in [0.25, 0.3) is 10.6 Å². The summed E-state index contributed by atoms with van der Waals surface area (Å²) < 4.78 is 7.44. The van der Waals surface area contributed by atoms with Crippen molar-refractivity contribution in [3.63, 3.8) is 0 Å². The largest absolute Gasteiger partial charge is 0.493 e. The van der Waals surface area contributed by atoms with Crippen molar-refractivity contribution in [1.82, 2.24) is 20.1 Å². The second kappa shape index (κ2) is 8.14. The van der Waals surface area contributed by atoms with Gasteiger partial charge < -0.3 is 10.1 Å². The molecule has 1 aromatic carbocycles. The molecule has 0 bridgehead atoms. The highest BCUT2D eigenvalue weighted by molar-refractivity contribution is 7.13. The van der Waals surface area contributed by atoms with Crippen LogP contribution >= 0.6 is 11.3 Å². The predicted molar refractivity (Wildman–Crippen MR) is 102 cm³/mol. The van der Waals surface area contributed by atoms with Gasteiger partial charge in [-0.2, -0.15) is 5.10 Å². The number of aromatic nitrogens is 3. The van der Waals surface area contributed by atoms with Gasteiger partial charge in [0.1, 0.15) is 16.5 Å². The Morgan fingerprint density at radius 3 is 2.96 bits per heavy atom. The highest BCUT2D eigenvalue weighted by Gasteiger charge is 2.12. The van der Waals surface area contributed by atoms with Crippen LogP contribution in [0.4, 0.5) is 0 Å². The minimum atomic E-state index is -0.190. The van der Waals surface area contributed by atoms with Crippen molar-refractivity contribution < 1.29 is 9.53 Å². The van der Waals surface area contributed by atoms with Gasteiger partial charge in [0, 0.05) is 30.7 Å². The Kier molecular flexibility index (Phi) is 5.68. The lowest BCUT2D eigenvalue weighted by molar-refractivity contribution is 0.0946. The first kappa shape index (κ1) is 18.1. The van der Waals surface area contributed by atoms with E-state index in [-0.39, 0.29) is 5.91 Å². The predicted octanol–water partition coefficient (Wildman–Crippen LogP) is 3.51. The number of nitrogens with zero attached hydrogens (tertiary/aromatic N) is 3. The molecule has 2 heterocycles. The van der Waals surface area contributed by atoms with Crippen molar-refractivity contribution in [2.75, 3.05) is 6.61 Å². The first-order valence-electron chi connectivity index (χ1n) is 8.46. The maximum absolute atomic E-state index is 12.3. The molecule has 3 rings (SSSR count). The number of carbonyl (C=O) groups is 1. The summed E-state index contributed by atoms with van der Waals surface area (Å²) in [5, 5.41) is 9.58. The Labute approximate surface area is 156 Å². The zero-order valence-corrected chi connectivity index (χ0v) is 15.9. The van der Waals surface area contributed by atoms with E-state index in [1.165, 1.54) is 11.3 Å². The van der Waals surface area contributed by atoms with Crippen molar-refractivity contribution in [2.24, 2.45) is 13.0 Å². The van der Waals surface area contributed by atoms with Crippen molar-refractivity contribution in [3.05, 3.63) is 53.3 Å². The molecule has 0 unspecified atom stereocenters. The average molecular weight is 370 g/mol. The summed E-state index contributed by atoms with van der Waals surface area (Å²) in [6.07, 6.45) is 3.62. The van der Waals surface area contributed by atoms with E-state index in [2.05, 4.69) is 29.2 Å². The van der Waals surface area contributed by atoms with Gasteiger partial charge in [0.15, 0.2) is 0 Å². The number of thiazole rings is 1. The zero-order valence-electron chi connectivity index (χ0n) is 15.1. The van der Waals surface area contributed by atoms with Crippen molar-refractivity contribution in [3.8, 4) is 16.3 Å². The summed E-state index contributed by atoms with van der Waals surface area (Å²) >= 11 is 1.43. The van der Waals surface area contributed by atoms with Crippen molar-refractivity contribution >= 4 is 17.2 Å². The molecule has 3 aromatic rings. The van der Waals surface area contributed by atoms with E-state index in [1.807, 2.05) is 37.5 Å². The molecule has 0 saturated heterocycles. The molecule has 0 saturated carbocycles. The lowest BCUT2D eigenvalue weighted by atomic mass is 10.2. The van der Waals surface area contributed by atoms with Gasteiger partial charge in [-0.1, -0.05) is 26.0 Å². The molecule has 0 aliphatic heterocycles. The summed E-state index contributed by atoms with van der Waals surface area (Å²) in [5.41, 5.74) is 2.31. The van der Waals surface area contributed by atoms with Gasteiger partial charge >= 0.3 is 0 Å². The van der Waals surface area contributed by atoms with Gasteiger partial charge in [0.2, 0.25) is 0 Å². The van der Waals surface area contributed by atoms with Gasteiger partial charge in [-0.15, -0.1) is 11.3 Å². The molecule has 1 amide bonds. The Morgan fingerprint density at radius 2 is 2.23 bits per heavy atom.